The van der Waals surface area contributed by atoms with Crippen molar-refractivity contribution in [3.63, 3.8) is 0 Å². The molecule has 0 saturated heterocycles. The minimum absolute atomic E-state index is 0.173. The van der Waals surface area contributed by atoms with E-state index in [-0.39, 0.29) is 12.6 Å². The fraction of sp³-hybridized carbons (Fsp3) is 0.316. The highest BCUT2D eigenvalue weighted by Crippen LogP contribution is 2.34. The number of ether oxygens (including phenoxy) is 3. The summed E-state index contributed by atoms with van der Waals surface area (Å²) in [4.78, 5) is 4.05. The molecule has 0 saturated carbocycles. The van der Waals surface area contributed by atoms with Crippen LogP contribution in [0, 0.1) is 5.82 Å². The summed E-state index contributed by atoms with van der Waals surface area (Å²) in [6, 6.07) is 6.72. The number of nitrogens with zero attached hydrogens (tertiary/aromatic N) is 4. The van der Waals surface area contributed by atoms with Crippen molar-refractivity contribution in [1.82, 2.24) is 19.7 Å². The first kappa shape index (κ1) is 18.9. The highest BCUT2D eigenvalue weighted by Gasteiger charge is 2.19. The van der Waals surface area contributed by atoms with Gasteiger partial charge in [-0.15, -0.1) is 10.2 Å². The van der Waals surface area contributed by atoms with Crippen LogP contribution in [0.15, 0.2) is 41.8 Å². The minimum atomic E-state index is -0.304. The first-order valence-electron chi connectivity index (χ1n) is 8.73. The second-order valence-corrected chi connectivity index (χ2v) is 7.08. The van der Waals surface area contributed by atoms with Gasteiger partial charge >= 0.3 is 0 Å². The fourth-order valence-corrected chi connectivity index (χ4v) is 3.93. The molecule has 3 aromatic rings. The molecule has 0 radical (unpaired) electrons. The van der Waals surface area contributed by atoms with E-state index < -0.39 is 0 Å². The summed E-state index contributed by atoms with van der Waals surface area (Å²) in [5, 5.41) is 9.41. The lowest BCUT2D eigenvalue weighted by atomic mass is 10.1. The summed E-state index contributed by atoms with van der Waals surface area (Å²) in [6.07, 6.45) is 3.44. The van der Waals surface area contributed by atoms with E-state index in [1.54, 1.807) is 19.5 Å². The summed E-state index contributed by atoms with van der Waals surface area (Å²) >= 11 is 1.48. The van der Waals surface area contributed by atoms with Gasteiger partial charge in [-0.1, -0.05) is 11.8 Å². The Labute approximate surface area is 165 Å². The summed E-state index contributed by atoms with van der Waals surface area (Å²) in [5.41, 5.74) is 2.42. The van der Waals surface area contributed by atoms with Crippen LogP contribution in [0.3, 0.4) is 0 Å². The molecule has 0 spiro atoms. The first-order valence-corrected chi connectivity index (χ1v) is 9.72. The Morgan fingerprint density at radius 1 is 1.25 bits per heavy atom. The Morgan fingerprint density at radius 2 is 2.11 bits per heavy atom. The average molecular weight is 402 g/mol. The molecule has 1 aromatic carbocycles. The van der Waals surface area contributed by atoms with Gasteiger partial charge in [-0.3, -0.25) is 9.55 Å². The standard InChI is InChI=1S/C19H19FN4O3S/c1-25-7-6-24-18(13-2-4-21-5-3-13)22-23-19(24)28-11-15-9-16(20)8-14-10-26-12-27-17(14)15/h2-5,8-9H,6-7,10-12H2,1H3. The van der Waals surface area contributed by atoms with Crippen molar-refractivity contribution in [1.29, 1.82) is 0 Å². The zero-order chi connectivity index (χ0) is 19.3. The van der Waals surface area contributed by atoms with Gasteiger partial charge in [0.2, 0.25) is 0 Å². The highest BCUT2D eigenvalue weighted by atomic mass is 32.2. The third kappa shape index (κ3) is 4.01. The van der Waals surface area contributed by atoms with E-state index in [2.05, 4.69) is 15.2 Å². The van der Waals surface area contributed by atoms with Crippen LogP contribution in [0.5, 0.6) is 5.75 Å². The van der Waals surface area contributed by atoms with Crippen molar-refractivity contribution in [2.45, 2.75) is 24.1 Å². The van der Waals surface area contributed by atoms with E-state index >= 15 is 0 Å². The van der Waals surface area contributed by atoms with Crippen LogP contribution in [0.25, 0.3) is 11.4 Å². The lowest BCUT2D eigenvalue weighted by Crippen LogP contribution is -2.13. The van der Waals surface area contributed by atoms with E-state index in [4.69, 9.17) is 14.2 Å². The summed E-state index contributed by atoms with van der Waals surface area (Å²) < 4.78 is 32.0. The van der Waals surface area contributed by atoms with Crippen molar-refractivity contribution in [2.75, 3.05) is 20.5 Å². The molecule has 0 N–H and O–H groups in total. The van der Waals surface area contributed by atoms with Gasteiger partial charge in [-0.25, -0.2) is 4.39 Å². The van der Waals surface area contributed by atoms with Crippen LogP contribution < -0.4 is 4.74 Å². The molecule has 3 heterocycles. The normalized spacial score (nSPS) is 13.2. The van der Waals surface area contributed by atoms with E-state index in [9.17, 15) is 4.39 Å². The van der Waals surface area contributed by atoms with Crippen molar-refractivity contribution >= 4 is 11.8 Å². The van der Waals surface area contributed by atoms with E-state index in [0.29, 0.717) is 31.3 Å². The molecule has 2 aromatic heterocycles. The first-order chi connectivity index (χ1) is 13.8. The zero-order valence-corrected chi connectivity index (χ0v) is 16.1. The minimum Gasteiger partial charge on any atom is -0.467 e. The molecule has 1 aliphatic rings. The van der Waals surface area contributed by atoms with Crippen LogP contribution >= 0.6 is 11.8 Å². The quantitative estimate of drug-likeness (QED) is 0.562. The SMILES string of the molecule is COCCn1c(SCc2cc(F)cc3c2OCOC3)nnc1-c1ccncc1. The topological polar surface area (TPSA) is 71.3 Å². The van der Waals surface area contributed by atoms with Crippen LogP contribution in [-0.4, -0.2) is 40.3 Å². The molecule has 0 bridgehead atoms. The summed E-state index contributed by atoms with van der Waals surface area (Å²) in [7, 11) is 1.65. The number of methoxy groups -OCH3 is 1. The van der Waals surface area contributed by atoms with Crippen LogP contribution in [0.2, 0.25) is 0 Å². The van der Waals surface area contributed by atoms with Crippen LogP contribution in [0.4, 0.5) is 4.39 Å². The number of pyridine rings is 1. The summed E-state index contributed by atoms with van der Waals surface area (Å²) in [6.45, 7) is 1.65. The van der Waals surface area contributed by atoms with E-state index in [1.807, 2.05) is 16.7 Å². The molecule has 0 atom stereocenters. The smallest absolute Gasteiger partial charge is 0.191 e. The Hall–Kier alpha value is -2.49. The number of rotatable bonds is 7. The van der Waals surface area contributed by atoms with E-state index in [0.717, 1.165) is 27.7 Å². The number of halogens is 1. The zero-order valence-electron chi connectivity index (χ0n) is 15.3. The lowest BCUT2D eigenvalue weighted by molar-refractivity contribution is -0.0171. The van der Waals surface area contributed by atoms with Gasteiger partial charge in [-0.2, -0.15) is 0 Å². The number of thioether (sulfide) groups is 1. The Morgan fingerprint density at radius 3 is 2.93 bits per heavy atom. The van der Waals surface area contributed by atoms with Crippen molar-refractivity contribution in [3.8, 4) is 17.1 Å². The molecule has 1 aliphatic heterocycles. The maximum atomic E-state index is 14.0. The average Bonchev–Trinajstić information content (AvgIpc) is 3.13. The Balaban J connectivity index is 1.60. The molecule has 0 unspecified atom stereocenters. The number of fused-ring (bicyclic) bond motifs is 1. The van der Waals surface area contributed by atoms with Gasteiger partial charge in [0.05, 0.1) is 19.8 Å². The van der Waals surface area contributed by atoms with Crippen LogP contribution in [0.1, 0.15) is 11.1 Å². The summed E-state index contributed by atoms with van der Waals surface area (Å²) in [5.74, 6) is 1.63. The highest BCUT2D eigenvalue weighted by molar-refractivity contribution is 7.98. The Kier molecular flexibility index (Phi) is 5.84. The maximum Gasteiger partial charge on any atom is 0.191 e. The lowest BCUT2D eigenvalue weighted by Gasteiger charge is -2.20. The third-order valence-electron chi connectivity index (χ3n) is 4.28. The van der Waals surface area contributed by atoms with Crippen molar-refractivity contribution in [2.24, 2.45) is 0 Å². The van der Waals surface area contributed by atoms with Gasteiger partial charge in [0.15, 0.2) is 17.8 Å². The Bertz CT molecular complexity index is 952. The maximum absolute atomic E-state index is 14.0. The number of aromatic nitrogens is 4. The van der Waals surface area contributed by atoms with Gasteiger partial charge in [-0.05, 0) is 24.3 Å². The monoisotopic (exact) mass is 402 g/mol. The van der Waals surface area contributed by atoms with Crippen molar-refractivity contribution in [3.05, 3.63) is 53.6 Å². The molecule has 0 fully saturated rings. The molecular weight excluding hydrogens is 383 g/mol. The van der Waals surface area contributed by atoms with Gasteiger partial charge in [0, 0.05) is 41.9 Å². The largest absolute Gasteiger partial charge is 0.467 e. The number of benzene rings is 1. The second kappa shape index (κ2) is 8.68. The predicted octanol–water partition coefficient (Wildman–Crippen LogP) is 3.28. The molecular formula is C19H19FN4O3S. The molecule has 28 heavy (non-hydrogen) atoms. The second-order valence-electron chi connectivity index (χ2n) is 6.14. The van der Waals surface area contributed by atoms with Gasteiger partial charge < -0.3 is 14.2 Å². The molecule has 0 aliphatic carbocycles. The molecule has 146 valence electrons. The fourth-order valence-electron chi connectivity index (χ4n) is 3.00. The number of hydrogen-bond donors (Lipinski definition) is 0. The molecule has 9 heteroatoms. The van der Waals surface area contributed by atoms with Gasteiger partial charge in [0.1, 0.15) is 11.6 Å². The predicted molar refractivity (Wildman–Crippen MR) is 101 cm³/mol. The molecule has 0 amide bonds. The molecule has 4 rings (SSSR count). The third-order valence-corrected chi connectivity index (χ3v) is 5.30. The van der Waals surface area contributed by atoms with Crippen molar-refractivity contribution < 1.29 is 18.6 Å². The number of hydrogen-bond acceptors (Lipinski definition) is 7. The van der Waals surface area contributed by atoms with Gasteiger partial charge in [0.25, 0.3) is 0 Å². The molecule has 7 nitrogen and oxygen atoms in total. The van der Waals surface area contributed by atoms with E-state index in [1.165, 1.54) is 23.9 Å². The van der Waals surface area contributed by atoms with Crippen LogP contribution in [-0.2, 0) is 28.4 Å².